The fraction of sp³-hybridized carbons (Fsp3) is 0.909. The standard InChI is InChI=1S/C22H42N4O/c1-17(22(7,8)26-14-10-12-24-20(26)4)16-27-21(5,6)15-18(2)25-13-9-11-23-19(25)3/h17-18H,9-16H2,1-8H3. The van der Waals surface area contributed by atoms with Crippen LogP contribution in [-0.2, 0) is 4.74 Å². The second kappa shape index (κ2) is 8.93. The lowest BCUT2D eigenvalue weighted by Crippen LogP contribution is -2.54. The van der Waals surface area contributed by atoms with Crippen LogP contribution in [-0.4, -0.2) is 71.4 Å². The molecule has 2 rings (SSSR count). The number of nitrogens with zero attached hydrogens (tertiary/aromatic N) is 4. The first-order chi connectivity index (χ1) is 12.5. The average Bonchev–Trinajstić information content (AvgIpc) is 2.59. The van der Waals surface area contributed by atoms with E-state index in [0.717, 1.165) is 52.0 Å². The summed E-state index contributed by atoms with van der Waals surface area (Å²) in [4.78, 5) is 14.2. The predicted molar refractivity (Wildman–Crippen MR) is 116 cm³/mol. The highest BCUT2D eigenvalue weighted by Crippen LogP contribution is 2.29. The van der Waals surface area contributed by atoms with Crippen LogP contribution < -0.4 is 0 Å². The van der Waals surface area contributed by atoms with E-state index in [2.05, 4.69) is 75.2 Å². The highest BCUT2D eigenvalue weighted by atomic mass is 16.5. The number of amidine groups is 2. The van der Waals surface area contributed by atoms with E-state index >= 15 is 0 Å². The van der Waals surface area contributed by atoms with Crippen molar-refractivity contribution < 1.29 is 4.74 Å². The molecular weight excluding hydrogens is 336 g/mol. The summed E-state index contributed by atoms with van der Waals surface area (Å²) in [5, 5.41) is 0. The molecule has 0 aliphatic carbocycles. The van der Waals surface area contributed by atoms with Crippen molar-refractivity contribution in [3.63, 3.8) is 0 Å². The minimum Gasteiger partial charge on any atom is -0.375 e. The molecule has 2 atom stereocenters. The number of hydrogen-bond donors (Lipinski definition) is 0. The van der Waals surface area contributed by atoms with E-state index in [-0.39, 0.29) is 11.1 Å². The molecule has 2 aliphatic rings. The first-order valence-corrected chi connectivity index (χ1v) is 10.7. The summed E-state index contributed by atoms with van der Waals surface area (Å²) in [6, 6.07) is 0.448. The number of ether oxygens (including phenoxy) is 1. The molecule has 0 fully saturated rings. The third-order valence-corrected chi connectivity index (χ3v) is 6.53. The fourth-order valence-electron chi connectivity index (χ4n) is 4.40. The van der Waals surface area contributed by atoms with Crippen molar-refractivity contribution >= 4 is 11.7 Å². The number of hydrogen-bond acceptors (Lipinski definition) is 5. The summed E-state index contributed by atoms with van der Waals surface area (Å²) < 4.78 is 6.47. The summed E-state index contributed by atoms with van der Waals surface area (Å²) in [7, 11) is 0. The maximum absolute atomic E-state index is 6.47. The summed E-state index contributed by atoms with van der Waals surface area (Å²) in [6.45, 7) is 22.9. The topological polar surface area (TPSA) is 40.4 Å². The van der Waals surface area contributed by atoms with E-state index in [4.69, 9.17) is 4.74 Å². The van der Waals surface area contributed by atoms with Gasteiger partial charge in [-0.1, -0.05) is 6.92 Å². The first kappa shape index (κ1) is 22.2. The summed E-state index contributed by atoms with van der Waals surface area (Å²) >= 11 is 0. The van der Waals surface area contributed by atoms with Gasteiger partial charge in [-0.25, -0.2) is 0 Å². The Bertz CT molecular complexity index is 553. The molecule has 156 valence electrons. The lowest BCUT2D eigenvalue weighted by atomic mass is 9.86. The van der Waals surface area contributed by atoms with Crippen LogP contribution in [0.5, 0.6) is 0 Å². The van der Waals surface area contributed by atoms with E-state index in [9.17, 15) is 0 Å². The molecule has 0 bridgehead atoms. The molecule has 0 saturated heterocycles. The third-order valence-electron chi connectivity index (χ3n) is 6.53. The molecular formula is C22H42N4O. The van der Waals surface area contributed by atoms with Crippen LogP contribution in [0.4, 0.5) is 0 Å². The molecule has 2 heterocycles. The Morgan fingerprint density at radius 2 is 1.56 bits per heavy atom. The van der Waals surface area contributed by atoms with Gasteiger partial charge in [-0.2, -0.15) is 0 Å². The van der Waals surface area contributed by atoms with Gasteiger partial charge in [0.15, 0.2) is 0 Å². The Balaban J connectivity index is 1.91. The van der Waals surface area contributed by atoms with Crippen LogP contribution in [0.25, 0.3) is 0 Å². The Morgan fingerprint density at radius 1 is 0.963 bits per heavy atom. The Labute approximate surface area is 167 Å². The molecule has 27 heavy (non-hydrogen) atoms. The van der Waals surface area contributed by atoms with Gasteiger partial charge in [0.1, 0.15) is 0 Å². The van der Waals surface area contributed by atoms with Gasteiger partial charge in [0.2, 0.25) is 0 Å². The largest absolute Gasteiger partial charge is 0.375 e. The van der Waals surface area contributed by atoms with Gasteiger partial charge in [0.25, 0.3) is 0 Å². The second-order valence-electron chi connectivity index (χ2n) is 9.59. The fourth-order valence-corrected chi connectivity index (χ4v) is 4.40. The van der Waals surface area contributed by atoms with Gasteiger partial charge in [-0.3, -0.25) is 9.98 Å². The maximum atomic E-state index is 6.47. The molecule has 0 spiro atoms. The van der Waals surface area contributed by atoms with Crippen molar-refractivity contribution in [3.8, 4) is 0 Å². The summed E-state index contributed by atoms with van der Waals surface area (Å²) in [5.74, 6) is 2.78. The monoisotopic (exact) mass is 378 g/mol. The molecule has 0 saturated carbocycles. The Hall–Kier alpha value is -1.10. The van der Waals surface area contributed by atoms with E-state index in [0.29, 0.717) is 12.0 Å². The zero-order valence-electron chi connectivity index (χ0n) is 19.0. The smallest absolute Gasteiger partial charge is 0.0962 e. The molecule has 5 heteroatoms. The highest BCUT2D eigenvalue weighted by molar-refractivity contribution is 5.81. The van der Waals surface area contributed by atoms with Crippen molar-refractivity contribution in [1.29, 1.82) is 0 Å². The lowest BCUT2D eigenvalue weighted by molar-refractivity contribution is -0.0660. The number of aliphatic imine (C=N–C) groups is 2. The normalized spacial score (nSPS) is 21.6. The van der Waals surface area contributed by atoms with E-state index in [1.807, 2.05) is 0 Å². The van der Waals surface area contributed by atoms with Crippen molar-refractivity contribution in [2.24, 2.45) is 15.9 Å². The predicted octanol–water partition coefficient (Wildman–Crippen LogP) is 4.22. The molecule has 0 aromatic carbocycles. The molecule has 0 amide bonds. The summed E-state index contributed by atoms with van der Waals surface area (Å²) in [5.41, 5.74) is -0.0989. The molecule has 2 unspecified atom stereocenters. The lowest BCUT2D eigenvalue weighted by Gasteiger charge is -2.46. The van der Waals surface area contributed by atoms with Crippen LogP contribution in [0.15, 0.2) is 9.98 Å². The highest BCUT2D eigenvalue weighted by Gasteiger charge is 2.36. The van der Waals surface area contributed by atoms with Crippen molar-refractivity contribution in [2.45, 2.75) is 91.8 Å². The van der Waals surface area contributed by atoms with Gasteiger partial charge in [0, 0.05) is 43.7 Å². The van der Waals surface area contributed by atoms with Crippen LogP contribution in [0.3, 0.4) is 0 Å². The minimum absolute atomic E-state index is 0.0474. The van der Waals surface area contributed by atoms with Crippen LogP contribution in [0, 0.1) is 5.92 Å². The maximum Gasteiger partial charge on any atom is 0.0962 e. The zero-order chi connectivity index (χ0) is 20.2. The van der Waals surface area contributed by atoms with Gasteiger partial charge in [0.05, 0.1) is 23.9 Å². The molecule has 5 nitrogen and oxygen atoms in total. The number of rotatable bonds is 8. The Kier molecular flexibility index (Phi) is 7.34. The third kappa shape index (κ3) is 5.69. The quantitative estimate of drug-likeness (QED) is 0.635. The van der Waals surface area contributed by atoms with Crippen molar-refractivity contribution in [1.82, 2.24) is 9.80 Å². The Morgan fingerprint density at radius 3 is 2.15 bits per heavy atom. The van der Waals surface area contributed by atoms with Gasteiger partial charge in [-0.05, 0) is 67.7 Å². The van der Waals surface area contributed by atoms with E-state index in [1.54, 1.807) is 0 Å². The zero-order valence-corrected chi connectivity index (χ0v) is 19.0. The summed E-state index contributed by atoms with van der Waals surface area (Å²) in [6.07, 6.45) is 3.32. The molecule has 0 radical (unpaired) electrons. The van der Waals surface area contributed by atoms with Crippen molar-refractivity contribution in [2.75, 3.05) is 32.8 Å². The van der Waals surface area contributed by atoms with Crippen LogP contribution in [0.1, 0.15) is 74.7 Å². The molecule has 0 aromatic heterocycles. The average molecular weight is 379 g/mol. The SMILES string of the molecule is CC1=NCCCN1C(C)CC(C)(C)OCC(C)C(C)(C)N1CCCN=C1C. The van der Waals surface area contributed by atoms with E-state index in [1.165, 1.54) is 11.7 Å². The molecule has 2 aliphatic heterocycles. The van der Waals surface area contributed by atoms with Crippen LogP contribution >= 0.6 is 0 Å². The molecule has 0 aromatic rings. The molecule has 0 N–H and O–H groups in total. The van der Waals surface area contributed by atoms with E-state index < -0.39 is 0 Å². The second-order valence-corrected chi connectivity index (χ2v) is 9.59. The van der Waals surface area contributed by atoms with Gasteiger partial charge >= 0.3 is 0 Å². The minimum atomic E-state index is -0.146. The van der Waals surface area contributed by atoms with Crippen molar-refractivity contribution in [3.05, 3.63) is 0 Å². The van der Waals surface area contributed by atoms with Gasteiger partial charge in [-0.15, -0.1) is 0 Å². The van der Waals surface area contributed by atoms with Crippen LogP contribution in [0.2, 0.25) is 0 Å². The van der Waals surface area contributed by atoms with Gasteiger partial charge < -0.3 is 14.5 Å². The first-order valence-electron chi connectivity index (χ1n) is 10.7.